The summed E-state index contributed by atoms with van der Waals surface area (Å²) in [6.07, 6.45) is 6.82. The third-order valence-corrected chi connectivity index (χ3v) is 7.47. The van der Waals surface area contributed by atoms with E-state index in [0.29, 0.717) is 43.9 Å². The van der Waals surface area contributed by atoms with Gasteiger partial charge in [0, 0.05) is 62.3 Å². The second-order valence-electron chi connectivity index (χ2n) is 9.64. The van der Waals surface area contributed by atoms with Crippen LogP contribution in [0.4, 0.5) is 23.4 Å². The average molecular weight is 498 g/mol. The summed E-state index contributed by atoms with van der Waals surface area (Å²) in [5.41, 5.74) is 1.14. The van der Waals surface area contributed by atoms with Crippen molar-refractivity contribution in [1.29, 1.82) is 0 Å². The van der Waals surface area contributed by atoms with Gasteiger partial charge in [0.05, 0.1) is 19.0 Å². The predicted molar refractivity (Wildman–Crippen MR) is 137 cm³/mol. The van der Waals surface area contributed by atoms with Gasteiger partial charge in [-0.25, -0.2) is 23.4 Å². The van der Waals surface area contributed by atoms with Crippen LogP contribution >= 0.6 is 0 Å². The van der Waals surface area contributed by atoms with Crippen LogP contribution in [0.15, 0.2) is 30.7 Å². The van der Waals surface area contributed by atoms with Crippen LogP contribution in [0.2, 0.25) is 0 Å². The van der Waals surface area contributed by atoms with Gasteiger partial charge in [0.1, 0.15) is 27.3 Å². The molecule has 11 heteroatoms. The second kappa shape index (κ2) is 9.54. The zero-order chi connectivity index (χ0) is 24.6. The number of nitrogens with zero attached hydrogens (tertiary/aromatic N) is 6. The maximum atomic E-state index is 11.6. The van der Waals surface area contributed by atoms with Gasteiger partial charge in [-0.2, -0.15) is 4.98 Å². The first-order valence-corrected chi connectivity index (χ1v) is 14.0. The maximum Gasteiger partial charge on any atom is 0.227 e. The summed E-state index contributed by atoms with van der Waals surface area (Å²) in [6, 6.07) is 3.87. The smallest absolute Gasteiger partial charge is 0.227 e. The van der Waals surface area contributed by atoms with Crippen LogP contribution in [0.1, 0.15) is 25.3 Å². The number of aromatic nitrogens is 4. The van der Waals surface area contributed by atoms with Crippen LogP contribution < -0.4 is 15.1 Å². The normalized spacial score (nSPS) is 17.1. The Hall–Kier alpha value is -3.05. The number of pyridine rings is 2. The molecule has 2 fully saturated rings. The monoisotopic (exact) mass is 497 g/mol. The van der Waals surface area contributed by atoms with Gasteiger partial charge < -0.3 is 19.9 Å². The highest BCUT2D eigenvalue weighted by atomic mass is 32.2. The molecule has 0 bridgehead atoms. The summed E-state index contributed by atoms with van der Waals surface area (Å²) in [5.74, 6) is 3.54. The van der Waals surface area contributed by atoms with Crippen LogP contribution in [-0.2, 0) is 14.6 Å². The Bertz CT molecular complexity index is 1320. The SMILES string of the molecule is CC(C)c1cnc(N2CC(CS(C)(=O)=O)C2)c2cnc(Nc3ccnc(N4CCOCC4)n3)cc12. The topological polar surface area (TPSA) is 113 Å². The summed E-state index contributed by atoms with van der Waals surface area (Å²) in [7, 11) is -2.98. The quantitative estimate of drug-likeness (QED) is 0.522. The number of hydrogen-bond acceptors (Lipinski definition) is 10. The van der Waals surface area contributed by atoms with E-state index in [0.717, 1.165) is 35.2 Å². The number of rotatable bonds is 7. The average Bonchev–Trinajstić information content (AvgIpc) is 2.80. The van der Waals surface area contributed by atoms with E-state index in [2.05, 4.69) is 43.9 Å². The molecular weight excluding hydrogens is 466 g/mol. The first-order valence-electron chi connectivity index (χ1n) is 11.9. The Morgan fingerprint density at radius 3 is 2.54 bits per heavy atom. The fourth-order valence-electron chi connectivity index (χ4n) is 4.66. The van der Waals surface area contributed by atoms with Crippen molar-refractivity contribution >= 4 is 44.0 Å². The zero-order valence-electron chi connectivity index (χ0n) is 20.3. The van der Waals surface area contributed by atoms with E-state index >= 15 is 0 Å². The van der Waals surface area contributed by atoms with Gasteiger partial charge in [0.25, 0.3) is 0 Å². The lowest BCUT2D eigenvalue weighted by Gasteiger charge is -2.40. The van der Waals surface area contributed by atoms with Gasteiger partial charge >= 0.3 is 0 Å². The summed E-state index contributed by atoms with van der Waals surface area (Å²) >= 11 is 0. The van der Waals surface area contributed by atoms with Crippen LogP contribution in [0.3, 0.4) is 0 Å². The third kappa shape index (κ3) is 5.30. The highest BCUT2D eigenvalue weighted by Gasteiger charge is 2.31. The van der Waals surface area contributed by atoms with Gasteiger partial charge in [0.15, 0.2) is 0 Å². The summed E-state index contributed by atoms with van der Waals surface area (Å²) in [5, 5.41) is 5.38. The van der Waals surface area contributed by atoms with E-state index in [1.54, 1.807) is 6.20 Å². The predicted octanol–water partition coefficient (Wildman–Crippen LogP) is 2.60. The number of ether oxygens (including phenoxy) is 1. The van der Waals surface area contributed by atoms with E-state index in [-0.39, 0.29) is 17.6 Å². The molecule has 2 saturated heterocycles. The Morgan fingerprint density at radius 1 is 1.06 bits per heavy atom. The molecule has 2 aliphatic rings. The van der Waals surface area contributed by atoms with E-state index in [9.17, 15) is 8.42 Å². The minimum Gasteiger partial charge on any atom is -0.378 e. The molecule has 0 amide bonds. The van der Waals surface area contributed by atoms with E-state index in [1.807, 2.05) is 24.5 Å². The Balaban J connectivity index is 1.41. The van der Waals surface area contributed by atoms with Crippen molar-refractivity contribution in [1.82, 2.24) is 19.9 Å². The lowest BCUT2D eigenvalue weighted by molar-refractivity contribution is 0.122. The van der Waals surface area contributed by atoms with E-state index < -0.39 is 9.84 Å². The van der Waals surface area contributed by atoms with Crippen molar-refractivity contribution in [3.05, 3.63) is 36.3 Å². The lowest BCUT2D eigenvalue weighted by atomic mass is 9.97. The Morgan fingerprint density at radius 2 is 1.83 bits per heavy atom. The van der Waals surface area contributed by atoms with Crippen molar-refractivity contribution in [2.75, 3.05) is 66.5 Å². The van der Waals surface area contributed by atoms with Crippen molar-refractivity contribution in [3.63, 3.8) is 0 Å². The molecule has 0 spiro atoms. The number of fused-ring (bicyclic) bond motifs is 1. The van der Waals surface area contributed by atoms with Crippen molar-refractivity contribution in [2.24, 2.45) is 5.92 Å². The van der Waals surface area contributed by atoms with Gasteiger partial charge in [0.2, 0.25) is 5.95 Å². The molecule has 0 unspecified atom stereocenters. The fraction of sp³-hybridized carbons (Fsp3) is 0.500. The van der Waals surface area contributed by atoms with Gasteiger partial charge in [-0.3, -0.25) is 0 Å². The highest BCUT2D eigenvalue weighted by Crippen LogP contribution is 2.35. The Kier molecular flexibility index (Phi) is 6.45. The molecule has 35 heavy (non-hydrogen) atoms. The second-order valence-corrected chi connectivity index (χ2v) is 11.8. The van der Waals surface area contributed by atoms with Crippen molar-refractivity contribution in [3.8, 4) is 0 Å². The first kappa shape index (κ1) is 23.7. The Labute approximate surface area is 205 Å². The number of hydrogen-bond donors (Lipinski definition) is 1. The van der Waals surface area contributed by atoms with Crippen LogP contribution in [0, 0.1) is 5.92 Å². The molecule has 0 radical (unpaired) electrons. The molecule has 3 aromatic heterocycles. The van der Waals surface area contributed by atoms with Gasteiger partial charge in [-0.05, 0) is 29.0 Å². The number of anilines is 4. The molecule has 1 N–H and O–H groups in total. The largest absolute Gasteiger partial charge is 0.378 e. The van der Waals surface area contributed by atoms with E-state index in [1.165, 1.54) is 6.26 Å². The molecule has 5 rings (SSSR count). The van der Waals surface area contributed by atoms with Crippen molar-refractivity contribution in [2.45, 2.75) is 19.8 Å². The minimum atomic E-state index is -2.98. The molecular formula is C24H31N7O3S. The highest BCUT2D eigenvalue weighted by molar-refractivity contribution is 7.90. The van der Waals surface area contributed by atoms with Gasteiger partial charge in [-0.15, -0.1) is 0 Å². The standard InChI is InChI=1S/C24H31N7O3S/c1-16(2)19-11-27-23(31-13-17(14-31)15-35(3,32)33)20-12-26-22(10-18(19)20)28-21-4-5-25-24(29-21)30-6-8-34-9-7-30/h4-5,10-12,16-17H,6-9,13-15H2,1-3H3,(H,25,26,28,29). The minimum absolute atomic E-state index is 0.138. The molecule has 2 aliphatic heterocycles. The molecule has 3 aromatic rings. The summed E-state index contributed by atoms with van der Waals surface area (Å²) < 4.78 is 28.7. The van der Waals surface area contributed by atoms with Crippen LogP contribution in [0.25, 0.3) is 10.8 Å². The molecule has 0 saturated carbocycles. The molecule has 5 heterocycles. The molecule has 0 aromatic carbocycles. The number of morpholine rings is 1. The number of sulfone groups is 1. The fourth-order valence-corrected chi connectivity index (χ4v) is 5.73. The summed E-state index contributed by atoms with van der Waals surface area (Å²) in [4.78, 5) is 22.7. The molecule has 0 atom stereocenters. The van der Waals surface area contributed by atoms with Crippen LogP contribution in [0.5, 0.6) is 0 Å². The lowest BCUT2D eigenvalue weighted by Crippen LogP contribution is -2.50. The molecule has 0 aliphatic carbocycles. The van der Waals surface area contributed by atoms with Crippen molar-refractivity contribution < 1.29 is 13.2 Å². The van der Waals surface area contributed by atoms with Gasteiger partial charge in [-0.1, -0.05) is 13.8 Å². The first-order chi connectivity index (χ1) is 16.8. The molecule has 186 valence electrons. The summed E-state index contributed by atoms with van der Waals surface area (Å²) in [6.45, 7) is 8.55. The number of nitrogens with one attached hydrogen (secondary N) is 1. The van der Waals surface area contributed by atoms with E-state index in [4.69, 9.17) is 9.72 Å². The van der Waals surface area contributed by atoms with Crippen LogP contribution in [-0.4, -0.2) is 79.8 Å². The zero-order valence-corrected chi connectivity index (χ0v) is 21.1. The third-order valence-electron chi connectivity index (χ3n) is 6.39. The molecule has 10 nitrogen and oxygen atoms in total. The maximum absolute atomic E-state index is 11.6.